The predicted molar refractivity (Wildman–Crippen MR) is 54.0 cm³/mol. The number of carbonyl (C=O) groups excluding carboxylic acids is 2. The van der Waals surface area contributed by atoms with Crippen LogP contribution in [0, 0.1) is 22.7 Å². The molecule has 1 fully saturated rings. The van der Waals surface area contributed by atoms with Crippen LogP contribution in [0.3, 0.4) is 0 Å². The molecule has 0 aliphatic carbocycles. The van der Waals surface area contributed by atoms with Crippen LogP contribution in [0.15, 0.2) is 0 Å². The molecule has 1 heterocycles. The lowest BCUT2D eigenvalue weighted by atomic mass is 9.96. The summed E-state index contributed by atoms with van der Waals surface area (Å²) in [5.41, 5.74) is -0.667. The highest BCUT2D eigenvalue weighted by Crippen LogP contribution is 2.22. The number of hydrogen-bond acceptors (Lipinski definition) is 5. The maximum absolute atomic E-state index is 11.6. The zero-order valence-corrected chi connectivity index (χ0v) is 9.65. The molecule has 2 atom stereocenters. The average molecular weight is 225 g/mol. The Bertz CT molecular complexity index is 337. The van der Waals surface area contributed by atoms with E-state index in [0.29, 0.717) is 0 Å². The maximum Gasteiger partial charge on any atom is 0.347 e. The molecule has 0 saturated carbocycles. The van der Waals surface area contributed by atoms with Gasteiger partial charge in [-0.05, 0) is 20.8 Å². The summed E-state index contributed by atoms with van der Waals surface area (Å²) in [4.78, 5) is 22.9. The smallest absolute Gasteiger partial charge is 0.347 e. The van der Waals surface area contributed by atoms with Crippen LogP contribution in [0.4, 0.5) is 0 Å². The molecule has 1 saturated heterocycles. The molecule has 0 amide bonds. The van der Waals surface area contributed by atoms with E-state index in [1.54, 1.807) is 20.8 Å². The van der Waals surface area contributed by atoms with Gasteiger partial charge in [-0.3, -0.25) is 4.79 Å². The van der Waals surface area contributed by atoms with E-state index in [9.17, 15) is 9.59 Å². The average Bonchev–Trinajstić information content (AvgIpc) is 2.19. The number of nitrogens with zero attached hydrogens (tertiary/aromatic N) is 1. The Morgan fingerprint density at radius 1 is 1.56 bits per heavy atom. The van der Waals surface area contributed by atoms with Crippen LogP contribution < -0.4 is 0 Å². The van der Waals surface area contributed by atoms with Gasteiger partial charge in [0.05, 0.1) is 17.4 Å². The summed E-state index contributed by atoms with van der Waals surface area (Å²) in [6, 6.07) is 2.00. The number of cyclic esters (lactones) is 1. The molecular weight excluding hydrogens is 210 g/mol. The fraction of sp³-hybridized carbons (Fsp3) is 0.727. The van der Waals surface area contributed by atoms with Gasteiger partial charge in [0.25, 0.3) is 0 Å². The van der Waals surface area contributed by atoms with E-state index < -0.39 is 29.4 Å². The van der Waals surface area contributed by atoms with E-state index in [0.717, 1.165) is 0 Å². The number of rotatable bonds is 1. The minimum Gasteiger partial charge on any atom is -0.462 e. The standard InChI is InChI=1S/C11H15NO4/c1-11(2,3)10(14)16-8-4-7(5-12)6-15-9(8)13/h7-8H,4,6H2,1-3H3. The maximum atomic E-state index is 11.6. The van der Waals surface area contributed by atoms with Crippen LogP contribution in [0.1, 0.15) is 27.2 Å². The normalized spacial score (nSPS) is 25.5. The third-order valence-corrected chi connectivity index (χ3v) is 2.23. The first-order chi connectivity index (χ1) is 7.34. The summed E-state index contributed by atoms with van der Waals surface area (Å²) < 4.78 is 9.80. The highest BCUT2D eigenvalue weighted by molar-refractivity contribution is 5.82. The minimum atomic E-state index is -0.940. The lowest BCUT2D eigenvalue weighted by molar-refractivity contribution is -0.179. The van der Waals surface area contributed by atoms with Crippen molar-refractivity contribution in [3.05, 3.63) is 0 Å². The summed E-state index contributed by atoms with van der Waals surface area (Å²) in [5.74, 6) is -1.42. The Morgan fingerprint density at radius 2 is 2.19 bits per heavy atom. The Kier molecular flexibility index (Phi) is 3.53. The second-order valence-electron chi connectivity index (χ2n) is 4.84. The van der Waals surface area contributed by atoms with Crippen molar-refractivity contribution in [3.8, 4) is 6.07 Å². The summed E-state index contributed by atoms with van der Waals surface area (Å²) in [6.07, 6.45) is -0.720. The number of nitriles is 1. The molecule has 0 bridgehead atoms. The third kappa shape index (κ3) is 2.96. The fourth-order valence-electron chi connectivity index (χ4n) is 1.19. The quantitative estimate of drug-likeness (QED) is 0.623. The molecule has 2 unspecified atom stereocenters. The number of esters is 2. The molecule has 0 N–H and O–H groups in total. The van der Waals surface area contributed by atoms with Crippen LogP contribution >= 0.6 is 0 Å². The van der Waals surface area contributed by atoms with E-state index in [-0.39, 0.29) is 13.0 Å². The Balaban J connectivity index is 2.62. The predicted octanol–water partition coefficient (Wildman–Crippen LogP) is 1.03. The lowest BCUT2D eigenvalue weighted by Crippen LogP contribution is -2.39. The van der Waals surface area contributed by atoms with Gasteiger partial charge in [0.2, 0.25) is 0 Å². The van der Waals surface area contributed by atoms with E-state index in [1.807, 2.05) is 6.07 Å². The fourth-order valence-corrected chi connectivity index (χ4v) is 1.19. The van der Waals surface area contributed by atoms with Crippen molar-refractivity contribution in [2.24, 2.45) is 11.3 Å². The zero-order valence-electron chi connectivity index (χ0n) is 9.65. The molecule has 16 heavy (non-hydrogen) atoms. The first-order valence-corrected chi connectivity index (χ1v) is 5.12. The molecule has 0 aromatic heterocycles. The van der Waals surface area contributed by atoms with Gasteiger partial charge in [-0.25, -0.2) is 4.79 Å². The minimum absolute atomic E-state index is 0.0822. The molecule has 1 aliphatic rings. The van der Waals surface area contributed by atoms with Crippen molar-refractivity contribution in [3.63, 3.8) is 0 Å². The van der Waals surface area contributed by atoms with Crippen molar-refractivity contribution >= 4 is 11.9 Å². The first-order valence-electron chi connectivity index (χ1n) is 5.12. The van der Waals surface area contributed by atoms with Gasteiger partial charge in [0.1, 0.15) is 6.61 Å². The molecule has 5 heteroatoms. The number of ether oxygens (including phenoxy) is 2. The van der Waals surface area contributed by atoms with E-state index in [1.165, 1.54) is 0 Å². The molecule has 1 rings (SSSR count). The van der Waals surface area contributed by atoms with Crippen molar-refractivity contribution < 1.29 is 19.1 Å². The molecule has 1 aliphatic heterocycles. The van der Waals surface area contributed by atoms with Crippen molar-refractivity contribution in [2.45, 2.75) is 33.3 Å². The molecule has 0 aromatic carbocycles. The second-order valence-corrected chi connectivity index (χ2v) is 4.84. The number of hydrogen-bond donors (Lipinski definition) is 0. The van der Waals surface area contributed by atoms with Crippen LogP contribution in [-0.2, 0) is 19.1 Å². The third-order valence-electron chi connectivity index (χ3n) is 2.23. The summed E-state index contributed by atoms with van der Waals surface area (Å²) >= 11 is 0. The van der Waals surface area contributed by atoms with Crippen LogP contribution in [-0.4, -0.2) is 24.6 Å². The summed E-state index contributed by atoms with van der Waals surface area (Å²) in [7, 11) is 0. The monoisotopic (exact) mass is 225 g/mol. The van der Waals surface area contributed by atoms with Gasteiger partial charge in [-0.15, -0.1) is 0 Å². The van der Waals surface area contributed by atoms with Crippen LogP contribution in [0.5, 0.6) is 0 Å². The van der Waals surface area contributed by atoms with Gasteiger partial charge in [-0.1, -0.05) is 0 Å². The van der Waals surface area contributed by atoms with E-state index >= 15 is 0 Å². The SMILES string of the molecule is CC(C)(C)C(=O)OC1CC(C#N)COC1=O. The second kappa shape index (κ2) is 4.52. The van der Waals surface area contributed by atoms with Crippen molar-refractivity contribution in [1.82, 2.24) is 0 Å². The van der Waals surface area contributed by atoms with Crippen LogP contribution in [0.2, 0.25) is 0 Å². The van der Waals surface area contributed by atoms with Crippen LogP contribution in [0.25, 0.3) is 0 Å². The van der Waals surface area contributed by atoms with E-state index in [4.69, 9.17) is 14.7 Å². The van der Waals surface area contributed by atoms with Gasteiger partial charge in [0.15, 0.2) is 6.10 Å². The highest BCUT2D eigenvalue weighted by atomic mass is 16.6. The van der Waals surface area contributed by atoms with Gasteiger partial charge < -0.3 is 9.47 Å². The topological polar surface area (TPSA) is 76.4 Å². The molecule has 88 valence electrons. The lowest BCUT2D eigenvalue weighted by Gasteiger charge is -2.26. The van der Waals surface area contributed by atoms with E-state index in [2.05, 4.69) is 0 Å². The molecule has 0 radical (unpaired) electrons. The molecule has 0 spiro atoms. The highest BCUT2D eigenvalue weighted by Gasteiger charge is 2.36. The van der Waals surface area contributed by atoms with Gasteiger partial charge >= 0.3 is 11.9 Å². The molecule has 5 nitrogen and oxygen atoms in total. The van der Waals surface area contributed by atoms with Crippen molar-refractivity contribution in [2.75, 3.05) is 6.61 Å². The summed E-state index contributed by atoms with van der Waals surface area (Å²) in [5, 5.41) is 8.71. The Morgan fingerprint density at radius 3 is 2.69 bits per heavy atom. The Labute approximate surface area is 94.3 Å². The molecular formula is C11H15NO4. The van der Waals surface area contributed by atoms with Crippen molar-refractivity contribution in [1.29, 1.82) is 5.26 Å². The van der Waals surface area contributed by atoms with Gasteiger partial charge in [0, 0.05) is 6.42 Å². The zero-order chi connectivity index (χ0) is 12.3. The number of carbonyl (C=O) groups is 2. The Hall–Kier alpha value is -1.57. The van der Waals surface area contributed by atoms with Gasteiger partial charge in [-0.2, -0.15) is 5.26 Å². The largest absolute Gasteiger partial charge is 0.462 e. The summed E-state index contributed by atoms with van der Waals surface area (Å²) in [6.45, 7) is 5.18. The molecule has 0 aromatic rings. The first kappa shape index (κ1) is 12.5.